The zero-order chi connectivity index (χ0) is 22.1. The molecule has 7 nitrogen and oxygen atoms in total. The molecule has 1 aromatic rings. The molecule has 2 aliphatic rings. The van der Waals surface area contributed by atoms with Crippen molar-refractivity contribution in [3.8, 4) is 0 Å². The molecule has 1 atom stereocenters. The van der Waals surface area contributed by atoms with Crippen molar-refractivity contribution in [1.82, 2.24) is 15.1 Å². The van der Waals surface area contributed by atoms with E-state index in [0.29, 0.717) is 25.0 Å². The van der Waals surface area contributed by atoms with Gasteiger partial charge in [0.15, 0.2) is 5.96 Å². The molecular formula is C24H37IN4O3. The number of piperidine rings is 2. The van der Waals surface area contributed by atoms with E-state index in [-0.39, 0.29) is 48.3 Å². The third-order valence-electron chi connectivity index (χ3n) is 6.28. The number of likely N-dealkylation sites (tertiary alicyclic amines) is 2. The van der Waals surface area contributed by atoms with Crippen LogP contribution in [0.5, 0.6) is 0 Å². The largest absolute Gasteiger partial charge is 0.466 e. The van der Waals surface area contributed by atoms with Crippen LogP contribution in [0.15, 0.2) is 35.3 Å². The first-order valence-electron chi connectivity index (χ1n) is 11.5. The maximum Gasteiger partial charge on any atom is 0.310 e. The number of rotatable bonds is 6. The molecule has 0 saturated carbocycles. The molecule has 2 fully saturated rings. The lowest BCUT2D eigenvalue weighted by atomic mass is 9.90. The van der Waals surface area contributed by atoms with Crippen LogP contribution in [0.4, 0.5) is 0 Å². The van der Waals surface area contributed by atoms with E-state index >= 15 is 0 Å². The molecule has 1 amide bonds. The Morgan fingerprint density at radius 1 is 1.09 bits per heavy atom. The van der Waals surface area contributed by atoms with E-state index in [1.807, 2.05) is 17.9 Å². The van der Waals surface area contributed by atoms with E-state index in [1.54, 1.807) is 7.05 Å². The Morgan fingerprint density at radius 3 is 2.47 bits per heavy atom. The number of hydrogen-bond acceptors (Lipinski definition) is 4. The van der Waals surface area contributed by atoms with E-state index in [9.17, 15) is 9.59 Å². The highest BCUT2D eigenvalue weighted by atomic mass is 127. The fourth-order valence-electron chi connectivity index (χ4n) is 4.55. The first-order valence-corrected chi connectivity index (χ1v) is 11.5. The van der Waals surface area contributed by atoms with E-state index < -0.39 is 0 Å². The number of benzene rings is 1. The van der Waals surface area contributed by atoms with E-state index in [1.165, 1.54) is 5.56 Å². The van der Waals surface area contributed by atoms with Gasteiger partial charge in [0, 0.05) is 33.2 Å². The van der Waals surface area contributed by atoms with Crippen LogP contribution in [0, 0.1) is 11.8 Å². The molecule has 1 unspecified atom stereocenters. The number of esters is 1. The molecule has 178 valence electrons. The van der Waals surface area contributed by atoms with Gasteiger partial charge in [-0.15, -0.1) is 24.0 Å². The Bertz CT molecular complexity index is 751. The summed E-state index contributed by atoms with van der Waals surface area (Å²) in [6.45, 7) is 5.49. The molecule has 0 spiro atoms. The molecule has 0 aliphatic carbocycles. The maximum atomic E-state index is 12.7. The van der Waals surface area contributed by atoms with Gasteiger partial charge in [0.2, 0.25) is 5.91 Å². The summed E-state index contributed by atoms with van der Waals surface area (Å²) in [5.74, 6) is 1.16. The van der Waals surface area contributed by atoms with Crippen molar-refractivity contribution in [2.45, 2.75) is 39.0 Å². The molecular weight excluding hydrogens is 519 g/mol. The number of nitrogens with zero attached hydrogens (tertiary/aromatic N) is 3. The average molecular weight is 556 g/mol. The number of aliphatic imine (C=N–C) groups is 1. The summed E-state index contributed by atoms with van der Waals surface area (Å²) in [5, 5.41) is 3.21. The second kappa shape index (κ2) is 13.6. The topological polar surface area (TPSA) is 74.2 Å². The maximum absolute atomic E-state index is 12.7. The van der Waals surface area contributed by atoms with Crippen LogP contribution < -0.4 is 5.32 Å². The zero-order valence-corrected chi connectivity index (χ0v) is 21.6. The molecule has 0 bridgehead atoms. The number of guanidine groups is 1. The number of hydrogen-bond donors (Lipinski definition) is 1. The molecule has 2 aliphatic heterocycles. The van der Waals surface area contributed by atoms with Crippen LogP contribution in [0.3, 0.4) is 0 Å². The number of carbonyl (C=O) groups is 2. The Morgan fingerprint density at radius 2 is 1.81 bits per heavy atom. The SMILES string of the molecule is CCOC(=O)C1CCCN(C(=NC)NCC(=O)N2CCC(Cc3ccccc3)CC2)C1.I. The molecule has 2 heterocycles. The zero-order valence-electron chi connectivity index (χ0n) is 19.3. The average Bonchev–Trinajstić information content (AvgIpc) is 2.81. The lowest BCUT2D eigenvalue weighted by Gasteiger charge is -2.35. The van der Waals surface area contributed by atoms with Gasteiger partial charge >= 0.3 is 5.97 Å². The van der Waals surface area contributed by atoms with E-state index in [4.69, 9.17) is 4.74 Å². The van der Waals surface area contributed by atoms with Crippen molar-refractivity contribution in [3.63, 3.8) is 0 Å². The van der Waals surface area contributed by atoms with E-state index in [2.05, 4.69) is 39.5 Å². The first-order chi connectivity index (χ1) is 15.1. The Kier molecular flexibility index (Phi) is 11.3. The van der Waals surface area contributed by atoms with Crippen molar-refractivity contribution in [2.24, 2.45) is 16.8 Å². The highest BCUT2D eigenvalue weighted by Gasteiger charge is 2.29. The predicted octanol–water partition coefficient (Wildman–Crippen LogP) is 2.94. The van der Waals surface area contributed by atoms with Gasteiger partial charge in [-0.3, -0.25) is 14.6 Å². The van der Waals surface area contributed by atoms with Crippen LogP contribution in [-0.2, 0) is 20.7 Å². The monoisotopic (exact) mass is 556 g/mol. The minimum Gasteiger partial charge on any atom is -0.466 e. The number of carbonyl (C=O) groups excluding carboxylic acids is 2. The molecule has 1 aromatic carbocycles. The van der Waals surface area contributed by atoms with Crippen LogP contribution in [0.1, 0.15) is 38.2 Å². The standard InChI is InChI=1S/C24H36N4O3.HI/c1-3-31-23(30)21-10-7-13-28(18-21)24(25-2)26-17-22(29)27-14-11-20(12-15-27)16-19-8-5-4-6-9-19;/h4-6,8-9,20-21H,3,7,10-18H2,1-2H3,(H,25,26);1H. The second-order valence-corrected chi connectivity index (χ2v) is 8.45. The molecule has 1 N–H and O–H groups in total. The lowest BCUT2D eigenvalue weighted by Crippen LogP contribution is -2.51. The van der Waals surface area contributed by atoms with Crippen LogP contribution in [0.2, 0.25) is 0 Å². The number of amides is 1. The fourth-order valence-corrected chi connectivity index (χ4v) is 4.55. The van der Waals surface area contributed by atoms with Gasteiger partial charge in [-0.1, -0.05) is 30.3 Å². The lowest BCUT2D eigenvalue weighted by molar-refractivity contribution is -0.149. The highest BCUT2D eigenvalue weighted by Crippen LogP contribution is 2.22. The Balaban J connectivity index is 0.00000363. The normalized spacial score (nSPS) is 19.8. The molecule has 2 saturated heterocycles. The van der Waals surface area contributed by atoms with Gasteiger partial charge in [-0.25, -0.2) is 0 Å². The van der Waals surface area contributed by atoms with Crippen molar-refractivity contribution >= 4 is 41.8 Å². The second-order valence-electron chi connectivity index (χ2n) is 8.45. The summed E-state index contributed by atoms with van der Waals surface area (Å²) in [6.07, 6.45) is 4.92. The number of halogens is 1. The predicted molar refractivity (Wildman–Crippen MR) is 137 cm³/mol. The summed E-state index contributed by atoms with van der Waals surface area (Å²) < 4.78 is 5.18. The first kappa shape index (κ1) is 26.4. The third-order valence-corrected chi connectivity index (χ3v) is 6.28. The van der Waals surface area contributed by atoms with E-state index in [0.717, 1.165) is 51.7 Å². The van der Waals surface area contributed by atoms with Gasteiger partial charge in [0.25, 0.3) is 0 Å². The van der Waals surface area contributed by atoms with Gasteiger partial charge in [0.1, 0.15) is 0 Å². The third kappa shape index (κ3) is 7.64. The summed E-state index contributed by atoms with van der Waals surface area (Å²) in [5.41, 5.74) is 1.38. The number of ether oxygens (including phenoxy) is 1. The van der Waals surface area contributed by atoms with Crippen molar-refractivity contribution in [1.29, 1.82) is 0 Å². The van der Waals surface area contributed by atoms with Gasteiger partial charge in [-0.2, -0.15) is 0 Å². The highest BCUT2D eigenvalue weighted by molar-refractivity contribution is 14.0. The molecule has 0 aromatic heterocycles. The van der Waals surface area contributed by atoms with Crippen molar-refractivity contribution in [3.05, 3.63) is 35.9 Å². The van der Waals surface area contributed by atoms with Crippen molar-refractivity contribution in [2.75, 3.05) is 46.4 Å². The van der Waals surface area contributed by atoms with Gasteiger partial charge in [-0.05, 0) is 50.5 Å². The molecule has 0 radical (unpaired) electrons. The minimum absolute atomic E-state index is 0. The fraction of sp³-hybridized carbons (Fsp3) is 0.625. The Hall–Kier alpha value is -1.84. The smallest absolute Gasteiger partial charge is 0.310 e. The van der Waals surface area contributed by atoms with Crippen molar-refractivity contribution < 1.29 is 14.3 Å². The minimum atomic E-state index is -0.142. The quantitative estimate of drug-likeness (QED) is 0.253. The molecule has 32 heavy (non-hydrogen) atoms. The van der Waals surface area contributed by atoms with Crippen LogP contribution >= 0.6 is 24.0 Å². The van der Waals surface area contributed by atoms with Gasteiger partial charge < -0.3 is 19.9 Å². The summed E-state index contributed by atoms with van der Waals surface area (Å²) in [7, 11) is 1.72. The Labute approximate surface area is 209 Å². The van der Waals surface area contributed by atoms with Crippen LogP contribution in [0.25, 0.3) is 0 Å². The summed E-state index contributed by atoms with van der Waals surface area (Å²) in [6, 6.07) is 10.6. The molecule has 8 heteroatoms. The summed E-state index contributed by atoms with van der Waals surface area (Å²) in [4.78, 5) is 33.2. The molecule has 3 rings (SSSR count). The number of nitrogens with one attached hydrogen (secondary N) is 1. The summed E-state index contributed by atoms with van der Waals surface area (Å²) >= 11 is 0. The van der Waals surface area contributed by atoms with Crippen LogP contribution in [-0.4, -0.2) is 74.0 Å². The van der Waals surface area contributed by atoms with Gasteiger partial charge in [0.05, 0.1) is 19.1 Å².